The number of alkyl halides is 3. The van der Waals surface area contributed by atoms with Gasteiger partial charge in [0.15, 0.2) is 0 Å². The van der Waals surface area contributed by atoms with Gasteiger partial charge >= 0.3 is 6.18 Å². The van der Waals surface area contributed by atoms with E-state index in [9.17, 15) is 18.0 Å². The Kier molecular flexibility index (Phi) is 6.99. The average molecular weight is 397 g/mol. The van der Waals surface area contributed by atoms with Gasteiger partial charge in [0.05, 0.1) is 11.6 Å². The molecule has 0 aromatic heterocycles. The van der Waals surface area contributed by atoms with Crippen LogP contribution < -0.4 is 5.32 Å². The number of nitrogens with one attached hydrogen (secondary N) is 1. The molecule has 1 aliphatic carbocycles. The van der Waals surface area contributed by atoms with Gasteiger partial charge in [-0.3, -0.25) is 14.6 Å². The van der Waals surface area contributed by atoms with Crippen LogP contribution in [-0.2, 0) is 17.5 Å². The average Bonchev–Trinajstić information content (AvgIpc) is 2.68. The third-order valence-corrected chi connectivity index (χ3v) is 5.97. The SMILES string of the molecule is CC(C(=O)NC1CCCCC1)N1CCN(Cc2ccc(C(F)(F)F)cc2)CC1. The van der Waals surface area contributed by atoms with Gasteiger partial charge in [0, 0.05) is 38.8 Å². The van der Waals surface area contributed by atoms with Crippen molar-refractivity contribution in [1.29, 1.82) is 0 Å². The summed E-state index contributed by atoms with van der Waals surface area (Å²) in [6, 6.07) is 5.57. The van der Waals surface area contributed by atoms with Crippen LogP contribution in [0.15, 0.2) is 24.3 Å². The second-order valence-electron chi connectivity index (χ2n) is 8.03. The van der Waals surface area contributed by atoms with E-state index in [0.29, 0.717) is 12.6 Å². The zero-order valence-electron chi connectivity index (χ0n) is 16.5. The fourth-order valence-corrected chi connectivity index (χ4v) is 4.10. The number of piperazine rings is 1. The molecule has 1 heterocycles. The van der Waals surface area contributed by atoms with Crippen molar-refractivity contribution in [3.05, 3.63) is 35.4 Å². The molecule has 1 aromatic carbocycles. The van der Waals surface area contributed by atoms with Crippen LogP contribution in [0, 0.1) is 0 Å². The Hall–Kier alpha value is -1.60. The number of nitrogens with zero attached hydrogens (tertiary/aromatic N) is 2. The van der Waals surface area contributed by atoms with Gasteiger partial charge < -0.3 is 5.32 Å². The predicted octanol–water partition coefficient (Wildman–Crippen LogP) is 3.66. The first-order valence-corrected chi connectivity index (χ1v) is 10.3. The zero-order chi connectivity index (χ0) is 20.1. The third kappa shape index (κ3) is 5.70. The Bertz CT molecular complexity index is 633. The molecule has 1 atom stereocenters. The highest BCUT2D eigenvalue weighted by Gasteiger charge is 2.30. The molecule has 0 bridgehead atoms. The lowest BCUT2D eigenvalue weighted by molar-refractivity contribution is -0.137. The number of hydrogen-bond acceptors (Lipinski definition) is 3. The molecule has 1 saturated heterocycles. The van der Waals surface area contributed by atoms with Crippen LogP contribution in [0.4, 0.5) is 13.2 Å². The maximum absolute atomic E-state index is 12.7. The molecule has 2 aliphatic rings. The largest absolute Gasteiger partial charge is 0.416 e. The van der Waals surface area contributed by atoms with Crippen molar-refractivity contribution >= 4 is 5.91 Å². The number of halogens is 3. The van der Waals surface area contributed by atoms with Crippen molar-refractivity contribution in [3.8, 4) is 0 Å². The van der Waals surface area contributed by atoms with Crippen LogP contribution in [0.25, 0.3) is 0 Å². The molecule has 7 heteroatoms. The minimum absolute atomic E-state index is 0.114. The first kappa shape index (κ1) is 21.1. The van der Waals surface area contributed by atoms with Gasteiger partial charge in [0.25, 0.3) is 0 Å². The van der Waals surface area contributed by atoms with Crippen LogP contribution in [0.3, 0.4) is 0 Å². The number of hydrogen-bond donors (Lipinski definition) is 1. The van der Waals surface area contributed by atoms with E-state index in [0.717, 1.165) is 56.7 Å². The molecule has 1 aromatic rings. The third-order valence-electron chi connectivity index (χ3n) is 5.97. The summed E-state index contributed by atoms with van der Waals surface area (Å²) in [4.78, 5) is 17.0. The number of amides is 1. The summed E-state index contributed by atoms with van der Waals surface area (Å²) in [5.74, 6) is 0.114. The summed E-state index contributed by atoms with van der Waals surface area (Å²) >= 11 is 0. The summed E-state index contributed by atoms with van der Waals surface area (Å²) in [6.07, 6.45) is 1.53. The second-order valence-corrected chi connectivity index (χ2v) is 8.03. The Morgan fingerprint density at radius 3 is 2.25 bits per heavy atom. The standard InChI is InChI=1S/C21H30F3N3O/c1-16(20(28)25-19-5-3-2-4-6-19)27-13-11-26(12-14-27)15-17-7-9-18(10-8-17)21(22,23)24/h7-10,16,19H,2-6,11-15H2,1H3,(H,25,28). The van der Waals surface area contributed by atoms with Gasteiger partial charge in [0.2, 0.25) is 5.91 Å². The Balaban J connectivity index is 1.44. The van der Waals surface area contributed by atoms with Crippen LogP contribution in [0.1, 0.15) is 50.2 Å². The molecule has 1 N–H and O–H groups in total. The van der Waals surface area contributed by atoms with E-state index in [2.05, 4.69) is 15.1 Å². The number of benzene rings is 1. The molecule has 3 rings (SSSR count). The van der Waals surface area contributed by atoms with Crippen molar-refractivity contribution in [2.24, 2.45) is 0 Å². The van der Waals surface area contributed by atoms with Gasteiger partial charge in [-0.1, -0.05) is 31.4 Å². The minimum atomic E-state index is -4.29. The maximum atomic E-state index is 12.7. The zero-order valence-corrected chi connectivity index (χ0v) is 16.5. The lowest BCUT2D eigenvalue weighted by Crippen LogP contribution is -2.54. The predicted molar refractivity (Wildman–Crippen MR) is 103 cm³/mol. The number of carbonyl (C=O) groups excluding carboxylic acids is 1. The molecule has 0 spiro atoms. The van der Waals surface area contributed by atoms with Crippen molar-refractivity contribution < 1.29 is 18.0 Å². The summed E-state index contributed by atoms with van der Waals surface area (Å²) in [5, 5.41) is 3.20. The molecule has 0 radical (unpaired) electrons. The lowest BCUT2D eigenvalue weighted by atomic mass is 9.95. The summed E-state index contributed by atoms with van der Waals surface area (Å²) < 4.78 is 38.0. The number of rotatable bonds is 5. The van der Waals surface area contributed by atoms with Crippen LogP contribution in [-0.4, -0.2) is 54.0 Å². The molecular formula is C21H30F3N3O. The smallest absolute Gasteiger partial charge is 0.352 e. The highest BCUT2D eigenvalue weighted by atomic mass is 19.4. The molecular weight excluding hydrogens is 367 g/mol. The van der Waals surface area contributed by atoms with E-state index in [1.165, 1.54) is 19.3 Å². The summed E-state index contributed by atoms with van der Waals surface area (Å²) in [7, 11) is 0. The van der Waals surface area contributed by atoms with Crippen molar-refractivity contribution in [2.45, 2.75) is 63.8 Å². The van der Waals surface area contributed by atoms with Gasteiger partial charge in [-0.2, -0.15) is 13.2 Å². The molecule has 1 unspecified atom stereocenters. The molecule has 156 valence electrons. The quantitative estimate of drug-likeness (QED) is 0.824. The van der Waals surface area contributed by atoms with Gasteiger partial charge in [0.1, 0.15) is 0 Å². The molecule has 2 fully saturated rings. The molecule has 4 nitrogen and oxygen atoms in total. The fourth-order valence-electron chi connectivity index (χ4n) is 4.10. The Morgan fingerprint density at radius 2 is 1.68 bits per heavy atom. The van der Waals surface area contributed by atoms with Crippen molar-refractivity contribution in [2.75, 3.05) is 26.2 Å². The second kappa shape index (κ2) is 9.27. The van der Waals surface area contributed by atoms with E-state index in [-0.39, 0.29) is 11.9 Å². The molecule has 1 aliphatic heterocycles. The van der Waals surface area contributed by atoms with Gasteiger partial charge in [-0.05, 0) is 37.5 Å². The highest BCUT2D eigenvalue weighted by Crippen LogP contribution is 2.29. The molecule has 1 saturated carbocycles. The summed E-state index contributed by atoms with van der Waals surface area (Å²) in [5.41, 5.74) is 0.267. The van der Waals surface area contributed by atoms with E-state index >= 15 is 0 Å². The van der Waals surface area contributed by atoms with Crippen LogP contribution in [0.2, 0.25) is 0 Å². The van der Waals surface area contributed by atoms with Gasteiger partial charge in [-0.25, -0.2) is 0 Å². The van der Waals surface area contributed by atoms with Crippen LogP contribution in [0.5, 0.6) is 0 Å². The number of carbonyl (C=O) groups is 1. The first-order chi connectivity index (χ1) is 13.3. The summed E-state index contributed by atoms with van der Waals surface area (Å²) in [6.45, 7) is 5.79. The van der Waals surface area contributed by atoms with Crippen molar-refractivity contribution in [3.63, 3.8) is 0 Å². The monoisotopic (exact) mass is 397 g/mol. The highest BCUT2D eigenvalue weighted by molar-refractivity contribution is 5.81. The Labute approximate surface area is 165 Å². The van der Waals surface area contributed by atoms with Crippen LogP contribution >= 0.6 is 0 Å². The Morgan fingerprint density at radius 1 is 1.07 bits per heavy atom. The minimum Gasteiger partial charge on any atom is -0.352 e. The lowest BCUT2D eigenvalue weighted by Gasteiger charge is -2.38. The fraction of sp³-hybridized carbons (Fsp3) is 0.667. The van der Waals surface area contributed by atoms with E-state index in [1.54, 1.807) is 12.1 Å². The normalized spacial score (nSPS) is 21.4. The molecule has 28 heavy (non-hydrogen) atoms. The van der Waals surface area contributed by atoms with Crippen molar-refractivity contribution in [1.82, 2.24) is 15.1 Å². The first-order valence-electron chi connectivity index (χ1n) is 10.3. The van der Waals surface area contributed by atoms with E-state index < -0.39 is 11.7 Å². The van der Waals surface area contributed by atoms with E-state index in [1.807, 2.05) is 6.92 Å². The van der Waals surface area contributed by atoms with E-state index in [4.69, 9.17) is 0 Å². The topological polar surface area (TPSA) is 35.6 Å². The van der Waals surface area contributed by atoms with Gasteiger partial charge in [-0.15, -0.1) is 0 Å². The maximum Gasteiger partial charge on any atom is 0.416 e. The molecule has 1 amide bonds.